The zero-order chi connectivity index (χ0) is 6.69. The molecule has 2 nitrogen and oxygen atoms in total. The zero-order valence-electron chi connectivity index (χ0n) is 4.78. The predicted octanol–water partition coefficient (Wildman–Crippen LogP) is 1.81. The number of hydrogen-bond acceptors (Lipinski definition) is 2. The summed E-state index contributed by atoms with van der Waals surface area (Å²) in [7, 11) is -1.71. The van der Waals surface area contributed by atoms with Gasteiger partial charge in [0.15, 0.2) is 5.82 Å². The van der Waals surface area contributed by atoms with Crippen LogP contribution in [0.15, 0.2) is 24.0 Å². The molecule has 0 saturated heterocycles. The van der Waals surface area contributed by atoms with Crippen molar-refractivity contribution in [3.8, 4) is 0 Å². The molecule has 3 heteroatoms. The Hall–Kier alpha value is -0.750. The molecule has 0 aliphatic carbocycles. The molecule has 1 aliphatic rings. The van der Waals surface area contributed by atoms with Gasteiger partial charge in [0.05, 0.1) is 6.42 Å². The summed E-state index contributed by atoms with van der Waals surface area (Å²) in [6.45, 7) is 0. The summed E-state index contributed by atoms with van der Waals surface area (Å²) in [6, 6.07) is 0. The third-order valence-electron chi connectivity index (χ3n) is 1.01. The van der Waals surface area contributed by atoms with E-state index in [1.165, 1.54) is 5.82 Å². The number of allylic oxidation sites excluding steroid dienone is 3. The molecule has 0 spiro atoms. The molecule has 1 atom stereocenters. The summed E-state index contributed by atoms with van der Waals surface area (Å²) in [4.78, 5) is 10.6. The van der Waals surface area contributed by atoms with Gasteiger partial charge in [-0.25, -0.2) is 4.79 Å². The second-order valence-electron chi connectivity index (χ2n) is 1.69. The first kappa shape index (κ1) is 6.37. The second-order valence-corrected chi connectivity index (χ2v) is 3.14. The molecule has 1 heterocycles. The number of carbonyl (C=O) groups excluding carboxylic acids is 1. The van der Waals surface area contributed by atoms with Gasteiger partial charge in [-0.15, -0.1) is 0 Å². The molecule has 0 radical (unpaired) electrons. The van der Waals surface area contributed by atoms with Crippen molar-refractivity contribution in [1.82, 2.24) is 0 Å². The normalized spacial score (nSPS) is 22.2. The highest BCUT2D eigenvalue weighted by Gasteiger charge is 2.23. The van der Waals surface area contributed by atoms with E-state index in [0.29, 0.717) is 6.42 Å². The summed E-state index contributed by atoms with van der Waals surface area (Å²) < 4.78 is 10.7. The van der Waals surface area contributed by atoms with Crippen LogP contribution in [-0.4, -0.2) is 5.52 Å². The average molecular weight is 141 g/mol. The number of hydrogen-bond donors (Lipinski definition) is 0. The summed E-state index contributed by atoms with van der Waals surface area (Å²) in [6.07, 6.45) is 5.39. The molecule has 0 aromatic heterocycles. The third-order valence-corrected chi connectivity index (χ3v) is 2.12. The Morgan fingerprint density at radius 3 is 3.00 bits per heavy atom. The maximum absolute atomic E-state index is 10.7. The highest BCUT2D eigenvalue weighted by Crippen LogP contribution is 2.26. The lowest BCUT2D eigenvalue weighted by Crippen LogP contribution is -1.83. The van der Waals surface area contributed by atoms with Crippen LogP contribution >= 0.6 is 7.80 Å². The van der Waals surface area contributed by atoms with Crippen molar-refractivity contribution in [2.45, 2.75) is 6.42 Å². The molecule has 9 heavy (non-hydrogen) atoms. The van der Waals surface area contributed by atoms with Gasteiger partial charge in [-0.3, -0.25) is 0 Å². The smallest absolute Gasteiger partial charge is 0.239 e. The lowest BCUT2D eigenvalue weighted by atomic mass is 10.4. The van der Waals surface area contributed by atoms with Crippen LogP contribution in [0.4, 0.5) is 0 Å². The van der Waals surface area contributed by atoms with Crippen molar-refractivity contribution in [1.29, 1.82) is 0 Å². The first-order valence-electron chi connectivity index (χ1n) is 2.63. The van der Waals surface area contributed by atoms with Crippen LogP contribution in [0.5, 0.6) is 0 Å². The van der Waals surface area contributed by atoms with Gasteiger partial charge >= 0.3 is 13.3 Å². The fraction of sp³-hybridized carbons (Fsp3) is 0.167. The Morgan fingerprint density at radius 2 is 2.22 bits per heavy atom. The minimum Gasteiger partial charge on any atom is -0.239 e. The van der Waals surface area contributed by atoms with E-state index in [1.807, 2.05) is 0 Å². The standard InChI is InChI=1S/C6H6O2P/c7-6-4-2-1-3-5-9(6)8/h1-3,5H,4H2/q+1. The molecule has 0 N–H and O–H groups in total. The fourth-order valence-corrected chi connectivity index (χ4v) is 1.26. The molecule has 1 rings (SSSR count). The van der Waals surface area contributed by atoms with Gasteiger partial charge in [0.25, 0.3) is 0 Å². The summed E-state index contributed by atoms with van der Waals surface area (Å²) in [5.41, 5.74) is -0.185. The summed E-state index contributed by atoms with van der Waals surface area (Å²) in [5, 5.41) is 0. The van der Waals surface area contributed by atoms with E-state index < -0.39 is 7.80 Å². The minimum atomic E-state index is -1.71. The van der Waals surface area contributed by atoms with Gasteiger partial charge in [-0.2, -0.15) is 0 Å². The molecule has 0 aromatic carbocycles. The number of carbonyl (C=O) groups is 1. The molecule has 1 unspecified atom stereocenters. The first-order chi connectivity index (χ1) is 4.30. The summed E-state index contributed by atoms with van der Waals surface area (Å²) >= 11 is 0. The molecule has 0 amide bonds. The zero-order valence-corrected chi connectivity index (χ0v) is 5.67. The molecule has 0 aromatic rings. The summed E-state index contributed by atoms with van der Waals surface area (Å²) in [5.74, 6) is 1.43. The Balaban J connectivity index is 2.81. The first-order valence-corrected chi connectivity index (χ1v) is 3.96. The van der Waals surface area contributed by atoms with Crippen LogP contribution in [0, 0.1) is 0 Å². The second kappa shape index (κ2) is 2.70. The highest BCUT2D eigenvalue weighted by molar-refractivity contribution is 7.66. The molecule has 1 aliphatic heterocycles. The van der Waals surface area contributed by atoms with Crippen LogP contribution in [-0.2, 0) is 9.36 Å². The van der Waals surface area contributed by atoms with Crippen molar-refractivity contribution in [3.63, 3.8) is 0 Å². The van der Waals surface area contributed by atoms with Crippen molar-refractivity contribution in [3.05, 3.63) is 24.0 Å². The van der Waals surface area contributed by atoms with E-state index in [-0.39, 0.29) is 5.52 Å². The van der Waals surface area contributed by atoms with Gasteiger partial charge in [0.2, 0.25) is 0 Å². The minimum absolute atomic E-state index is 0.185. The third kappa shape index (κ3) is 1.58. The molecular weight excluding hydrogens is 135 g/mol. The number of rotatable bonds is 0. The molecule has 0 saturated carbocycles. The van der Waals surface area contributed by atoms with Gasteiger partial charge in [0.1, 0.15) is 0 Å². The van der Waals surface area contributed by atoms with Crippen molar-refractivity contribution in [2.24, 2.45) is 0 Å². The van der Waals surface area contributed by atoms with Crippen LogP contribution < -0.4 is 0 Å². The Labute approximate surface area is 54.0 Å². The quantitative estimate of drug-likeness (QED) is 0.482. The van der Waals surface area contributed by atoms with Gasteiger partial charge in [0, 0.05) is 0 Å². The lowest BCUT2D eigenvalue weighted by Gasteiger charge is -1.70. The van der Waals surface area contributed by atoms with Crippen LogP contribution in [0.25, 0.3) is 0 Å². The maximum Gasteiger partial charge on any atom is 0.445 e. The van der Waals surface area contributed by atoms with E-state index in [2.05, 4.69) is 0 Å². The van der Waals surface area contributed by atoms with Crippen LogP contribution in [0.3, 0.4) is 0 Å². The van der Waals surface area contributed by atoms with Crippen molar-refractivity contribution >= 4 is 13.3 Å². The van der Waals surface area contributed by atoms with Gasteiger partial charge in [-0.1, -0.05) is 16.7 Å². The molecule has 0 bridgehead atoms. The van der Waals surface area contributed by atoms with E-state index in [4.69, 9.17) is 0 Å². The lowest BCUT2D eigenvalue weighted by molar-refractivity contribution is -0.110. The Bertz CT molecular complexity index is 203. The predicted molar refractivity (Wildman–Crippen MR) is 35.5 cm³/mol. The Kier molecular flexibility index (Phi) is 1.91. The van der Waals surface area contributed by atoms with Gasteiger partial charge in [-0.05, 0) is 6.08 Å². The van der Waals surface area contributed by atoms with Gasteiger partial charge < -0.3 is 0 Å². The topological polar surface area (TPSA) is 34.1 Å². The molecular formula is C6H6O2P+. The average Bonchev–Trinajstić information content (AvgIpc) is 1.99. The largest absolute Gasteiger partial charge is 0.445 e. The monoisotopic (exact) mass is 141 g/mol. The fourth-order valence-electron chi connectivity index (χ4n) is 0.548. The van der Waals surface area contributed by atoms with E-state index >= 15 is 0 Å². The van der Waals surface area contributed by atoms with E-state index in [1.54, 1.807) is 18.2 Å². The van der Waals surface area contributed by atoms with E-state index in [0.717, 1.165) is 0 Å². The van der Waals surface area contributed by atoms with Crippen molar-refractivity contribution < 1.29 is 9.36 Å². The molecule has 46 valence electrons. The molecule has 0 fully saturated rings. The van der Waals surface area contributed by atoms with Crippen molar-refractivity contribution in [2.75, 3.05) is 0 Å². The SMILES string of the molecule is O=C1CC=CC=C[P+]1=O. The highest BCUT2D eigenvalue weighted by atomic mass is 31.1. The maximum atomic E-state index is 10.7. The Morgan fingerprint density at radius 1 is 1.44 bits per heavy atom. The van der Waals surface area contributed by atoms with Crippen LogP contribution in [0.1, 0.15) is 6.42 Å². The van der Waals surface area contributed by atoms with Crippen LogP contribution in [0.2, 0.25) is 0 Å². The van der Waals surface area contributed by atoms with E-state index in [9.17, 15) is 9.36 Å².